The van der Waals surface area contributed by atoms with E-state index < -0.39 is 0 Å². The molecule has 0 aromatic rings. The van der Waals surface area contributed by atoms with E-state index in [9.17, 15) is 0 Å². The summed E-state index contributed by atoms with van der Waals surface area (Å²) >= 11 is 0. The molecule has 1 fully saturated rings. The first kappa shape index (κ1) is 23.0. The second-order valence-electron chi connectivity index (χ2n) is 10.7. The third-order valence-electron chi connectivity index (χ3n) is 7.21. The van der Waals surface area contributed by atoms with Gasteiger partial charge < -0.3 is 0 Å². The largest absolute Gasteiger partial charge is 0.0654 e. The van der Waals surface area contributed by atoms with Gasteiger partial charge in [0, 0.05) is 0 Å². The molecule has 0 radical (unpaired) electrons. The van der Waals surface area contributed by atoms with E-state index in [4.69, 9.17) is 0 Å². The van der Waals surface area contributed by atoms with E-state index in [0.717, 1.165) is 35.5 Å². The first-order valence-electron chi connectivity index (χ1n) is 11.7. The van der Waals surface area contributed by atoms with Gasteiger partial charge in [-0.05, 0) is 73.0 Å². The Morgan fingerprint density at radius 3 is 2.08 bits per heavy atom. The van der Waals surface area contributed by atoms with Crippen molar-refractivity contribution in [2.45, 2.75) is 120 Å². The average Bonchev–Trinajstić information content (AvgIpc) is 3.25. The zero-order valence-corrected chi connectivity index (χ0v) is 19.0. The van der Waals surface area contributed by atoms with Crippen LogP contribution in [0.4, 0.5) is 0 Å². The maximum Gasteiger partial charge on any atom is -0.0324 e. The summed E-state index contributed by atoms with van der Waals surface area (Å²) in [6, 6.07) is 0. The van der Waals surface area contributed by atoms with E-state index in [1.807, 2.05) is 0 Å². The maximum atomic E-state index is 2.55. The Hall–Kier alpha value is 0. The summed E-state index contributed by atoms with van der Waals surface area (Å²) in [7, 11) is 0. The van der Waals surface area contributed by atoms with E-state index in [2.05, 4.69) is 55.4 Å². The lowest BCUT2D eigenvalue weighted by Gasteiger charge is -2.32. The van der Waals surface area contributed by atoms with E-state index in [1.54, 1.807) is 0 Å². The molecule has 0 spiro atoms. The van der Waals surface area contributed by atoms with Crippen LogP contribution in [0.3, 0.4) is 0 Å². The van der Waals surface area contributed by atoms with Crippen LogP contribution >= 0.6 is 0 Å². The highest BCUT2D eigenvalue weighted by Crippen LogP contribution is 2.50. The smallest absolute Gasteiger partial charge is 0.0324 e. The van der Waals surface area contributed by atoms with Crippen molar-refractivity contribution in [3.05, 3.63) is 0 Å². The minimum Gasteiger partial charge on any atom is -0.0654 e. The molecule has 25 heavy (non-hydrogen) atoms. The van der Waals surface area contributed by atoms with Gasteiger partial charge in [0.15, 0.2) is 0 Å². The van der Waals surface area contributed by atoms with Crippen LogP contribution in [0.2, 0.25) is 0 Å². The van der Waals surface area contributed by atoms with E-state index in [0.29, 0.717) is 5.41 Å². The van der Waals surface area contributed by atoms with Crippen molar-refractivity contribution in [1.29, 1.82) is 0 Å². The molecular formula is C25H50. The summed E-state index contributed by atoms with van der Waals surface area (Å²) < 4.78 is 0. The van der Waals surface area contributed by atoms with Crippen molar-refractivity contribution in [3.8, 4) is 0 Å². The average molecular weight is 351 g/mol. The predicted molar refractivity (Wildman–Crippen MR) is 115 cm³/mol. The minimum atomic E-state index is 0.603. The molecule has 0 N–H and O–H groups in total. The molecule has 1 saturated carbocycles. The van der Waals surface area contributed by atoms with Gasteiger partial charge in [0.2, 0.25) is 0 Å². The van der Waals surface area contributed by atoms with Crippen LogP contribution in [0.25, 0.3) is 0 Å². The Kier molecular flexibility index (Phi) is 10.1. The zero-order chi connectivity index (χ0) is 19.0. The van der Waals surface area contributed by atoms with Crippen molar-refractivity contribution in [1.82, 2.24) is 0 Å². The molecule has 0 saturated heterocycles. The molecule has 0 amide bonds. The molecule has 0 nitrogen and oxygen atoms in total. The summed E-state index contributed by atoms with van der Waals surface area (Å²) in [5.41, 5.74) is 0.603. The first-order valence-corrected chi connectivity index (χ1v) is 11.7. The van der Waals surface area contributed by atoms with Gasteiger partial charge in [-0.2, -0.15) is 0 Å². The van der Waals surface area contributed by atoms with Crippen LogP contribution in [0, 0.1) is 40.9 Å². The Morgan fingerprint density at radius 2 is 1.56 bits per heavy atom. The lowest BCUT2D eigenvalue weighted by Crippen LogP contribution is -2.19. The molecule has 1 aliphatic carbocycles. The number of hydrogen-bond acceptors (Lipinski definition) is 0. The fourth-order valence-electron chi connectivity index (χ4n) is 5.84. The van der Waals surface area contributed by atoms with Crippen LogP contribution in [0.1, 0.15) is 120 Å². The second kappa shape index (κ2) is 11.0. The van der Waals surface area contributed by atoms with Gasteiger partial charge in [-0.15, -0.1) is 0 Å². The monoisotopic (exact) mass is 350 g/mol. The van der Waals surface area contributed by atoms with E-state index in [1.165, 1.54) is 64.2 Å². The molecule has 0 aromatic heterocycles. The van der Waals surface area contributed by atoms with Crippen LogP contribution in [-0.4, -0.2) is 0 Å². The molecule has 5 unspecified atom stereocenters. The molecular weight excluding hydrogens is 300 g/mol. The van der Waals surface area contributed by atoms with Gasteiger partial charge in [0.1, 0.15) is 0 Å². The Bertz CT molecular complexity index is 336. The molecule has 1 aliphatic rings. The second-order valence-corrected chi connectivity index (χ2v) is 10.7. The SMILES string of the molecule is CCCC(C)(CCC)CC(C)CCCC1CC1C(C)C(C)CC(C)C. The molecule has 0 aromatic carbocycles. The van der Waals surface area contributed by atoms with Gasteiger partial charge in [-0.1, -0.05) is 87.5 Å². The lowest BCUT2D eigenvalue weighted by atomic mass is 9.74. The first-order chi connectivity index (χ1) is 11.7. The summed E-state index contributed by atoms with van der Waals surface area (Å²) in [4.78, 5) is 0. The standard InChI is InChI=1S/C25H50/c1-9-14-25(8,15-10-2)18-20(5)12-11-13-23-17-24(23)22(7)21(6)16-19(3)4/h19-24H,9-18H2,1-8H3. The molecule has 0 heteroatoms. The molecule has 0 bridgehead atoms. The number of hydrogen-bond donors (Lipinski definition) is 0. The fraction of sp³-hybridized carbons (Fsp3) is 1.00. The Morgan fingerprint density at radius 1 is 0.960 bits per heavy atom. The van der Waals surface area contributed by atoms with E-state index >= 15 is 0 Å². The Balaban J connectivity index is 2.25. The van der Waals surface area contributed by atoms with Crippen molar-refractivity contribution < 1.29 is 0 Å². The molecule has 150 valence electrons. The molecule has 5 atom stereocenters. The third kappa shape index (κ3) is 8.49. The fourth-order valence-corrected chi connectivity index (χ4v) is 5.84. The van der Waals surface area contributed by atoms with Gasteiger partial charge in [-0.25, -0.2) is 0 Å². The van der Waals surface area contributed by atoms with Gasteiger partial charge in [-0.3, -0.25) is 0 Å². The topological polar surface area (TPSA) is 0 Å². The van der Waals surface area contributed by atoms with Gasteiger partial charge in [0.05, 0.1) is 0 Å². The van der Waals surface area contributed by atoms with Crippen LogP contribution in [0.5, 0.6) is 0 Å². The predicted octanol–water partition coefficient (Wildman–Crippen LogP) is 8.74. The Labute approximate surface area is 160 Å². The molecule has 1 rings (SSSR count). The van der Waals surface area contributed by atoms with E-state index in [-0.39, 0.29) is 0 Å². The lowest BCUT2D eigenvalue weighted by molar-refractivity contribution is 0.198. The highest BCUT2D eigenvalue weighted by molar-refractivity contribution is 4.91. The molecule has 0 heterocycles. The maximum absolute atomic E-state index is 2.55. The highest BCUT2D eigenvalue weighted by Gasteiger charge is 2.41. The van der Waals surface area contributed by atoms with Crippen molar-refractivity contribution in [3.63, 3.8) is 0 Å². The minimum absolute atomic E-state index is 0.603. The van der Waals surface area contributed by atoms with Crippen LogP contribution in [-0.2, 0) is 0 Å². The number of rotatable bonds is 14. The van der Waals surface area contributed by atoms with Crippen LogP contribution < -0.4 is 0 Å². The van der Waals surface area contributed by atoms with Crippen molar-refractivity contribution in [2.75, 3.05) is 0 Å². The third-order valence-corrected chi connectivity index (χ3v) is 7.21. The van der Waals surface area contributed by atoms with Crippen molar-refractivity contribution >= 4 is 0 Å². The normalized spacial score (nSPS) is 24.4. The summed E-state index contributed by atoms with van der Waals surface area (Å²) in [6.07, 6.45) is 14.4. The van der Waals surface area contributed by atoms with Crippen LogP contribution in [0.15, 0.2) is 0 Å². The highest BCUT2D eigenvalue weighted by atomic mass is 14.5. The quantitative estimate of drug-likeness (QED) is 0.294. The summed E-state index contributed by atoms with van der Waals surface area (Å²) in [5, 5.41) is 0. The summed E-state index contributed by atoms with van der Waals surface area (Å²) in [6.45, 7) is 19.5. The van der Waals surface area contributed by atoms with Gasteiger partial charge >= 0.3 is 0 Å². The zero-order valence-electron chi connectivity index (χ0n) is 19.0. The summed E-state index contributed by atoms with van der Waals surface area (Å²) in [5.74, 6) is 5.75. The molecule has 0 aliphatic heterocycles. The van der Waals surface area contributed by atoms with Gasteiger partial charge in [0.25, 0.3) is 0 Å². The van der Waals surface area contributed by atoms with Crippen molar-refractivity contribution in [2.24, 2.45) is 40.9 Å².